The van der Waals surface area contributed by atoms with E-state index in [-0.39, 0.29) is 23.6 Å². The van der Waals surface area contributed by atoms with Gasteiger partial charge in [-0.2, -0.15) is 0 Å². The van der Waals surface area contributed by atoms with Crippen LogP contribution in [0.3, 0.4) is 0 Å². The molecule has 0 fully saturated rings. The Kier molecular flexibility index (Phi) is 6.79. The summed E-state index contributed by atoms with van der Waals surface area (Å²) in [7, 11) is 1.24. The Hall–Kier alpha value is -4.40. The van der Waals surface area contributed by atoms with Crippen molar-refractivity contribution in [2.24, 2.45) is 0 Å². The van der Waals surface area contributed by atoms with Crippen molar-refractivity contribution in [3.8, 4) is 5.75 Å². The van der Waals surface area contributed by atoms with Crippen molar-refractivity contribution in [2.45, 2.75) is 6.61 Å². The average molecular weight is 421 g/mol. The Morgan fingerprint density at radius 2 is 1.61 bits per heavy atom. The summed E-state index contributed by atoms with van der Waals surface area (Å²) in [6, 6.07) is 18.9. The van der Waals surface area contributed by atoms with Crippen LogP contribution in [0.15, 0.2) is 72.8 Å². The van der Waals surface area contributed by atoms with E-state index in [1.807, 2.05) is 6.07 Å². The number of hydrogen-bond donors (Lipinski definition) is 2. The SMILES string of the molecule is COC(=O)c1cc(NC(=O)Nc2ccccc2)ccc1OCc1ccc([N+](=O)[O-])cc1. The molecule has 0 atom stereocenters. The zero-order valence-electron chi connectivity index (χ0n) is 16.5. The number of esters is 1. The van der Waals surface area contributed by atoms with Gasteiger partial charge in [-0.15, -0.1) is 0 Å². The molecule has 3 aromatic carbocycles. The van der Waals surface area contributed by atoms with Crippen molar-refractivity contribution in [3.05, 3.63) is 94.0 Å². The molecule has 0 unspecified atom stereocenters. The van der Waals surface area contributed by atoms with Crippen LogP contribution in [0.1, 0.15) is 15.9 Å². The molecule has 0 aliphatic heterocycles. The number of para-hydroxylation sites is 1. The summed E-state index contributed by atoms with van der Waals surface area (Å²) >= 11 is 0. The Balaban J connectivity index is 1.71. The molecule has 0 bridgehead atoms. The van der Waals surface area contributed by atoms with Crippen LogP contribution in [0.2, 0.25) is 0 Å². The predicted molar refractivity (Wildman–Crippen MR) is 114 cm³/mol. The van der Waals surface area contributed by atoms with Gasteiger partial charge in [-0.3, -0.25) is 10.1 Å². The smallest absolute Gasteiger partial charge is 0.341 e. The topological polar surface area (TPSA) is 120 Å². The fourth-order valence-corrected chi connectivity index (χ4v) is 2.69. The van der Waals surface area contributed by atoms with Gasteiger partial charge in [0.2, 0.25) is 0 Å². The number of rotatable bonds is 7. The van der Waals surface area contributed by atoms with E-state index >= 15 is 0 Å². The van der Waals surface area contributed by atoms with Crippen molar-refractivity contribution >= 4 is 29.1 Å². The first-order chi connectivity index (χ1) is 15.0. The highest BCUT2D eigenvalue weighted by Crippen LogP contribution is 2.25. The molecule has 0 saturated heterocycles. The van der Waals surface area contributed by atoms with E-state index in [9.17, 15) is 19.7 Å². The number of benzene rings is 3. The number of nitrogens with zero attached hydrogens (tertiary/aromatic N) is 1. The second-order valence-electron chi connectivity index (χ2n) is 6.36. The molecule has 0 radical (unpaired) electrons. The van der Waals surface area contributed by atoms with Crippen LogP contribution in [-0.4, -0.2) is 24.0 Å². The predicted octanol–water partition coefficient (Wildman–Crippen LogP) is 4.60. The lowest BCUT2D eigenvalue weighted by atomic mass is 10.1. The number of carbonyl (C=O) groups is 2. The van der Waals surface area contributed by atoms with E-state index in [4.69, 9.17) is 9.47 Å². The van der Waals surface area contributed by atoms with Crippen molar-refractivity contribution in [1.29, 1.82) is 0 Å². The minimum absolute atomic E-state index is 0.0248. The summed E-state index contributed by atoms with van der Waals surface area (Å²) in [5.41, 5.74) is 1.78. The lowest BCUT2D eigenvalue weighted by Crippen LogP contribution is -2.19. The molecule has 2 amide bonds. The highest BCUT2D eigenvalue weighted by atomic mass is 16.6. The molecule has 2 N–H and O–H groups in total. The summed E-state index contributed by atoms with van der Waals surface area (Å²) in [4.78, 5) is 34.6. The van der Waals surface area contributed by atoms with E-state index < -0.39 is 16.9 Å². The van der Waals surface area contributed by atoms with Gasteiger partial charge in [0.05, 0.1) is 12.0 Å². The van der Waals surface area contributed by atoms with E-state index in [1.165, 1.54) is 31.4 Å². The third kappa shape index (κ3) is 5.80. The van der Waals surface area contributed by atoms with Crippen LogP contribution in [0.5, 0.6) is 5.75 Å². The van der Waals surface area contributed by atoms with Crippen molar-refractivity contribution in [2.75, 3.05) is 17.7 Å². The zero-order valence-corrected chi connectivity index (χ0v) is 16.5. The third-order valence-electron chi connectivity index (χ3n) is 4.22. The second kappa shape index (κ2) is 9.88. The number of nitro benzene ring substituents is 1. The first-order valence-corrected chi connectivity index (χ1v) is 9.18. The van der Waals surface area contributed by atoms with Gasteiger partial charge in [0.25, 0.3) is 5.69 Å². The second-order valence-corrected chi connectivity index (χ2v) is 6.36. The summed E-state index contributed by atoms with van der Waals surface area (Å²) in [6.45, 7) is 0.0866. The van der Waals surface area contributed by atoms with E-state index in [1.54, 1.807) is 42.5 Å². The van der Waals surface area contributed by atoms with Crippen LogP contribution in [0.4, 0.5) is 21.9 Å². The van der Waals surface area contributed by atoms with Crippen molar-refractivity contribution < 1.29 is 24.0 Å². The monoisotopic (exact) mass is 421 g/mol. The lowest BCUT2D eigenvalue weighted by molar-refractivity contribution is -0.384. The van der Waals surface area contributed by atoms with Crippen LogP contribution in [0.25, 0.3) is 0 Å². The summed E-state index contributed by atoms with van der Waals surface area (Å²) < 4.78 is 10.5. The van der Waals surface area contributed by atoms with Gasteiger partial charge in [-0.1, -0.05) is 18.2 Å². The number of hydrogen-bond acceptors (Lipinski definition) is 6. The standard InChI is InChI=1S/C22H19N3O6/c1-30-21(26)19-13-17(24-22(27)23-16-5-3-2-4-6-16)9-12-20(19)31-14-15-7-10-18(11-8-15)25(28)29/h2-13H,14H2,1H3,(H2,23,24,27). The molecule has 0 heterocycles. The van der Waals surface area contributed by atoms with Crippen LogP contribution >= 0.6 is 0 Å². The van der Waals surface area contributed by atoms with Crippen LogP contribution < -0.4 is 15.4 Å². The Labute approximate surface area is 177 Å². The maximum absolute atomic E-state index is 12.2. The van der Waals surface area contributed by atoms with Crippen molar-refractivity contribution in [1.82, 2.24) is 0 Å². The van der Waals surface area contributed by atoms with E-state index in [0.29, 0.717) is 16.9 Å². The lowest BCUT2D eigenvalue weighted by Gasteiger charge is -2.13. The van der Waals surface area contributed by atoms with Crippen LogP contribution in [-0.2, 0) is 11.3 Å². The van der Waals surface area contributed by atoms with E-state index in [0.717, 1.165) is 0 Å². The van der Waals surface area contributed by atoms with Gasteiger partial charge in [0.15, 0.2) is 0 Å². The molecule has 0 spiro atoms. The molecule has 0 aromatic heterocycles. The minimum Gasteiger partial charge on any atom is -0.488 e. The normalized spacial score (nSPS) is 10.1. The number of nitrogens with one attached hydrogen (secondary N) is 2. The van der Waals surface area contributed by atoms with Gasteiger partial charge in [-0.05, 0) is 48.0 Å². The summed E-state index contributed by atoms with van der Waals surface area (Å²) in [5.74, 6) is -0.384. The Morgan fingerprint density at radius 1 is 0.935 bits per heavy atom. The highest BCUT2D eigenvalue weighted by Gasteiger charge is 2.16. The van der Waals surface area contributed by atoms with Gasteiger partial charge < -0.3 is 20.1 Å². The molecule has 9 nitrogen and oxygen atoms in total. The van der Waals surface area contributed by atoms with Gasteiger partial charge in [0, 0.05) is 23.5 Å². The molecule has 0 aliphatic carbocycles. The highest BCUT2D eigenvalue weighted by molar-refractivity contribution is 6.01. The molecule has 3 rings (SSSR count). The number of carbonyl (C=O) groups excluding carboxylic acids is 2. The quantitative estimate of drug-likeness (QED) is 0.327. The number of methoxy groups -OCH3 is 1. The molecule has 0 saturated carbocycles. The Bertz CT molecular complexity index is 1080. The van der Waals surface area contributed by atoms with Crippen LogP contribution in [0, 0.1) is 10.1 Å². The van der Waals surface area contributed by atoms with Crippen molar-refractivity contribution in [3.63, 3.8) is 0 Å². The molecular formula is C22H19N3O6. The molecule has 158 valence electrons. The molecule has 3 aromatic rings. The average Bonchev–Trinajstić information content (AvgIpc) is 2.78. The largest absolute Gasteiger partial charge is 0.488 e. The van der Waals surface area contributed by atoms with Gasteiger partial charge in [0.1, 0.15) is 17.9 Å². The maximum Gasteiger partial charge on any atom is 0.341 e. The van der Waals surface area contributed by atoms with Gasteiger partial charge >= 0.3 is 12.0 Å². The molecule has 0 aliphatic rings. The first-order valence-electron chi connectivity index (χ1n) is 9.18. The molecule has 9 heteroatoms. The molecular weight excluding hydrogens is 402 g/mol. The molecule has 31 heavy (non-hydrogen) atoms. The summed E-state index contributed by atoms with van der Waals surface area (Å²) in [5, 5.41) is 16.1. The Morgan fingerprint density at radius 3 is 2.26 bits per heavy atom. The van der Waals surface area contributed by atoms with Gasteiger partial charge in [-0.25, -0.2) is 9.59 Å². The number of non-ortho nitro benzene ring substituents is 1. The fraction of sp³-hybridized carbons (Fsp3) is 0.0909. The number of nitro groups is 1. The zero-order chi connectivity index (χ0) is 22.2. The number of ether oxygens (including phenoxy) is 2. The minimum atomic E-state index is -0.634. The maximum atomic E-state index is 12.2. The number of anilines is 2. The first kappa shape index (κ1) is 21.3. The summed E-state index contributed by atoms with van der Waals surface area (Å²) in [6.07, 6.45) is 0. The number of urea groups is 1. The third-order valence-corrected chi connectivity index (χ3v) is 4.22. The van der Waals surface area contributed by atoms with E-state index in [2.05, 4.69) is 10.6 Å². The fourth-order valence-electron chi connectivity index (χ4n) is 2.69. The number of amides is 2.